The molecule has 0 atom stereocenters. The van der Waals surface area contributed by atoms with E-state index in [1.807, 2.05) is 0 Å². The topological polar surface area (TPSA) is 68.0 Å². The summed E-state index contributed by atoms with van der Waals surface area (Å²) in [6.07, 6.45) is 3.24. The summed E-state index contributed by atoms with van der Waals surface area (Å²) in [5.74, 6) is 0.0650. The zero-order chi connectivity index (χ0) is 10.8. The second-order valence-electron chi connectivity index (χ2n) is 3.67. The first-order valence-electron chi connectivity index (χ1n) is 4.89. The van der Waals surface area contributed by atoms with Gasteiger partial charge in [-0.3, -0.25) is 4.79 Å². The van der Waals surface area contributed by atoms with Gasteiger partial charge in [0.15, 0.2) is 0 Å². The van der Waals surface area contributed by atoms with Crippen molar-refractivity contribution in [2.45, 2.75) is 25.3 Å². The van der Waals surface area contributed by atoms with Crippen LogP contribution in [0.3, 0.4) is 0 Å². The number of aromatic nitrogens is 1. The van der Waals surface area contributed by atoms with Crippen LogP contribution >= 0.6 is 11.6 Å². The van der Waals surface area contributed by atoms with E-state index in [4.69, 9.17) is 17.3 Å². The van der Waals surface area contributed by atoms with Crippen molar-refractivity contribution in [2.24, 2.45) is 0 Å². The van der Waals surface area contributed by atoms with Crippen LogP contribution in [-0.2, 0) is 0 Å². The highest BCUT2D eigenvalue weighted by Crippen LogP contribution is 2.20. The Labute approximate surface area is 92.8 Å². The zero-order valence-corrected chi connectivity index (χ0v) is 8.92. The van der Waals surface area contributed by atoms with Crippen molar-refractivity contribution in [3.8, 4) is 0 Å². The highest BCUT2D eigenvalue weighted by atomic mass is 35.5. The van der Waals surface area contributed by atoms with E-state index in [0.717, 1.165) is 12.8 Å². The number of carbonyl (C=O) groups is 1. The van der Waals surface area contributed by atoms with Crippen molar-refractivity contribution in [3.63, 3.8) is 0 Å². The minimum atomic E-state index is -0.239. The molecule has 1 aliphatic carbocycles. The van der Waals surface area contributed by atoms with Gasteiger partial charge in [-0.1, -0.05) is 11.6 Å². The maximum atomic E-state index is 11.7. The van der Waals surface area contributed by atoms with Crippen LogP contribution in [0.1, 0.15) is 29.8 Å². The molecule has 1 aromatic heterocycles. The molecule has 15 heavy (non-hydrogen) atoms. The highest BCUT2D eigenvalue weighted by Gasteiger charge is 2.22. The summed E-state index contributed by atoms with van der Waals surface area (Å²) in [5.41, 5.74) is 5.70. The van der Waals surface area contributed by atoms with Crippen molar-refractivity contribution in [1.29, 1.82) is 0 Å². The Bertz CT molecular complexity index is 390. The Balaban J connectivity index is 2.12. The van der Waals surface area contributed by atoms with E-state index in [-0.39, 0.29) is 17.6 Å². The summed E-state index contributed by atoms with van der Waals surface area (Å²) in [7, 11) is 0. The molecule has 1 saturated carbocycles. The molecule has 1 amide bonds. The molecule has 1 aromatic rings. The molecule has 3 N–H and O–H groups in total. The van der Waals surface area contributed by atoms with Gasteiger partial charge in [-0.2, -0.15) is 0 Å². The van der Waals surface area contributed by atoms with Gasteiger partial charge in [0.2, 0.25) is 0 Å². The molecular formula is C10H12ClN3O. The van der Waals surface area contributed by atoms with E-state index in [1.54, 1.807) is 12.1 Å². The largest absolute Gasteiger partial charge is 0.384 e. The van der Waals surface area contributed by atoms with E-state index < -0.39 is 0 Å². The lowest BCUT2D eigenvalue weighted by atomic mass is 9.93. The fourth-order valence-electron chi connectivity index (χ4n) is 1.42. The molecule has 1 fully saturated rings. The molecule has 5 heteroatoms. The third-order valence-corrected chi connectivity index (χ3v) is 2.83. The maximum absolute atomic E-state index is 11.7. The van der Waals surface area contributed by atoms with Gasteiger partial charge in [-0.25, -0.2) is 4.98 Å². The number of nitrogens with zero attached hydrogens (tertiary/aromatic N) is 1. The molecule has 0 spiro atoms. The number of nitrogens with one attached hydrogen (secondary N) is 1. The van der Waals surface area contributed by atoms with Crippen LogP contribution in [-0.4, -0.2) is 16.9 Å². The van der Waals surface area contributed by atoms with Crippen molar-refractivity contribution in [3.05, 3.63) is 22.8 Å². The van der Waals surface area contributed by atoms with Gasteiger partial charge in [0.25, 0.3) is 5.91 Å². The average Bonchev–Trinajstić information content (AvgIpc) is 2.15. The van der Waals surface area contributed by atoms with E-state index >= 15 is 0 Å². The zero-order valence-electron chi connectivity index (χ0n) is 8.16. The molecule has 0 aromatic carbocycles. The minimum Gasteiger partial charge on any atom is -0.384 e. The van der Waals surface area contributed by atoms with Crippen LogP contribution in [0.25, 0.3) is 0 Å². The first kappa shape index (κ1) is 10.2. The van der Waals surface area contributed by atoms with Gasteiger partial charge in [-0.05, 0) is 31.4 Å². The van der Waals surface area contributed by atoms with Crippen LogP contribution in [0.5, 0.6) is 0 Å². The van der Waals surface area contributed by atoms with Crippen LogP contribution < -0.4 is 11.1 Å². The van der Waals surface area contributed by atoms with E-state index in [1.165, 1.54) is 6.42 Å². The Morgan fingerprint density at radius 1 is 1.53 bits per heavy atom. The lowest BCUT2D eigenvalue weighted by Gasteiger charge is -2.26. The SMILES string of the molecule is Nc1ccc(Cl)c(C(=O)NC2CCC2)n1. The van der Waals surface area contributed by atoms with Gasteiger partial charge in [-0.15, -0.1) is 0 Å². The van der Waals surface area contributed by atoms with Crippen molar-refractivity contribution < 1.29 is 4.79 Å². The lowest BCUT2D eigenvalue weighted by molar-refractivity contribution is 0.0912. The molecule has 0 radical (unpaired) electrons. The van der Waals surface area contributed by atoms with Gasteiger partial charge >= 0.3 is 0 Å². The number of pyridine rings is 1. The molecule has 1 heterocycles. The Kier molecular flexibility index (Phi) is 2.77. The average molecular weight is 226 g/mol. The van der Waals surface area contributed by atoms with E-state index in [0.29, 0.717) is 10.8 Å². The third kappa shape index (κ3) is 2.21. The molecular weight excluding hydrogens is 214 g/mol. The second kappa shape index (κ2) is 4.06. The van der Waals surface area contributed by atoms with Gasteiger partial charge in [0.05, 0.1) is 5.02 Å². The predicted octanol–water partition coefficient (Wildman–Crippen LogP) is 1.60. The van der Waals surface area contributed by atoms with Crippen LogP contribution in [0.4, 0.5) is 5.82 Å². The summed E-state index contributed by atoms with van der Waals surface area (Å²) < 4.78 is 0. The molecule has 1 aliphatic rings. The quantitative estimate of drug-likeness (QED) is 0.804. The van der Waals surface area contributed by atoms with Gasteiger partial charge in [0, 0.05) is 6.04 Å². The standard InChI is InChI=1S/C10H12ClN3O/c11-7-4-5-8(12)14-9(7)10(15)13-6-2-1-3-6/h4-6H,1-3H2,(H2,12,14)(H,13,15). The lowest BCUT2D eigenvalue weighted by Crippen LogP contribution is -2.39. The molecule has 0 unspecified atom stereocenters. The molecule has 0 bridgehead atoms. The number of hydrogen-bond donors (Lipinski definition) is 2. The summed E-state index contributed by atoms with van der Waals surface area (Å²) in [4.78, 5) is 15.6. The van der Waals surface area contributed by atoms with Gasteiger partial charge in [0.1, 0.15) is 11.5 Å². The van der Waals surface area contributed by atoms with Crippen molar-refractivity contribution in [2.75, 3.05) is 5.73 Å². The van der Waals surface area contributed by atoms with E-state index in [9.17, 15) is 4.79 Å². The normalized spacial score (nSPS) is 15.8. The number of nitrogen functional groups attached to an aromatic ring is 1. The Morgan fingerprint density at radius 2 is 2.27 bits per heavy atom. The van der Waals surface area contributed by atoms with Crippen LogP contribution in [0.2, 0.25) is 5.02 Å². The van der Waals surface area contributed by atoms with Crippen LogP contribution in [0.15, 0.2) is 12.1 Å². The first-order valence-corrected chi connectivity index (χ1v) is 5.27. The number of anilines is 1. The van der Waals surface area contributed by atoms with Crippen molar-refractivity contribution in [1.82, 2.24) is 10.3 Å². The number of nitrogens with two attached hydrogens (primary N) is 1. The number of halogens is 1. The summed E-state index contributed by atoms with van der Waals surface area (Å²) in [6.45, 7) is 0. The minimum absolute atomic E-state index is 0.212. The number of hydrogen-bond acceptors (Lipinski definition) is 3. The molecule has 4 nitrogen and oxygen atoms in total. The fraction of sp³-hybridized carbons (Fsp3) is 0.400. The number of amides is 1. The Morgan fingerprint density at radius 3 is 2.87 bits per heavy atom. The number of carbonyl (C=O) groups excluding carboxylic acids is 1. The maximum Gasteiger partial charge on any atom is 0.271 e. The monoisotopic (exact) mass is 225 g/mol. The third-order valence-electron chi connectivity index (χ3n) is 2.52. The predicted molar refractivity (Wildman–Crippen MR) is 58.8 cm³/mol. The second-order valence-corrected chi connectivity index (χ2v) is 4.08. The number of rotatable bonds is 2. The fourth-order valence-corrected chi connectivity index (χ4v) is 1.61. The summed E-state index contributed by atoms with van der Waals surface area (Å²) in [6, 6.07) is 3.43. The molecule has 0 aliphatic heterocycles. The molecule has 80 valence electrons. The highest BCUT2D eigenvalue weighted by molar-refractivity contribution is 6.33. The smallest absolute Gasteiger partial charge is 0.271 e. The van der Waals surface area contributed by atoms with Gasteiger partial charge < -0.3 is 11.1 Å². The first-order chi connectivity index (χ1) is 7.16. The summed E-state index contributed by atoms with van der Waals surface area (Å²) in [5, 5.41) is 3.19. The molecule has 2 rings (SSSR count). The van der Waals surface area contributed by atoms with E-state index in [2.05, 4.69) is 10.3 Å². The Hall–Kier alpha value is -1.29. The molecule has 0 saturated heterocycles. The summed E-state index contributed by atoms with van der Waals surface area (Å²) >= 11 is 5.86. The van der Waals surface area contributed by atoms with Crippen molar-refractivity contribution >= 4 is 23.3 Å². The van der Waals surface area contributed by atoms with Crippen LogP contribution in [0, 0.1) is 0 Å².